The van der Waals surface area contributed by atoms with E-state index < -0.39 is 29.3 Å². The van der Waals surface area contributed by atoms with Crippen molar-refractivity contribution in [3.05, 3.63) is 202 Å². The molecule has 6 aromatic carbocycles. The second-order valence-electron chi connectivity index (χ2n) is 26.8. The van der Waals surface area contributed by atoms with Crippen molar-refractivity contribution in [3.63, 3.8) is 0 Å². The maximum absolute atomic E-state index is 13.4. The predicted octanol–water partition coefficient (Wildman–Crippen LogP) is 6.74. The van der Waals surface area contributed by atoms with Crippen LogP contribution < -0.4 is 25.4 Å². The zero-order chi connectivity index (χ0) is 77.1. The first-order valence-electron chi connectivity index (χ1n) is 34.6. The highest BCUT2D eigenvalue weighted by Gasteiger charge is 2.34. The van der Waals surface area contributed by atoms with Crippen molar-refractivity contribution in [2.45, 2.75) is 52.6 Å². The van der Waals surface area contributed by atoms with Crippen LogP contribution in [-0.2, 0) is 59.7 Å². The number of rotatable bonds is 14. The van der Waals surface area contributed by atoms with Crippen LogP contribution >= 0.6 is 0 Å². The molecular weight excluding hydrogens is 1390 g/mol. The van der Waals surface area contributed by atoms with E-state index in [1.54, 1.807) is 118 Å². The Hall–Kier alpha value is -11.7. The SMILES string of the molecule is CC(C)(C)OC(=O)N1CCN(Cc2ccc(F)cc2)C(=O)C1.COc1cc2[nH]cc(C(=O)C(=O)N(C)C)c2cc1C(=O)N1CCN(Cc2ccc(F)cc2)C(=O)C1.COc1cc2[nH]ccc2cc1C(=O)N1CCN(Cc2ccc(F)cc2)C(=O)C1.O=C1CNCCN1.O=C1CNCCN1Cc1ccc(F)cc1. The fourth-order valence-corrected chi connectivity index (χ4v) is 11.8. The van der Waals surface area contributed by atoms with Crippen LogP contribution in [0, 0.1) is 23.3 Å². The first-order chi connectivity index (χ1) is 51.1. The summed E-state index contributed by atoms with van der Waals surface area (Å²) in [5.74, 6) is -2.77. The van der Waals surface area contributed by atoms with E-state index in [-0.39, 0.29) is 95.2 Å². The molecular formula is C77H87F4N13O13. The first-order valence-corrected chi connectivity index (χ1v) is 34.6. The summed E-state index contributed by atoms with van der Waals surface area (Å²) in [7, 11) is 5.92. The molecule has 5 aliphatic rings. The van der Waals surface area contributed by atoms with Crippen molar-refractivity contribution in [2.24, 2.45) is 0 Å². The van der Waals surface area contributed by atoms with Gasteiger partial charge in [0.05, 0.1) is 44.0 Å². The van der Waals surface area contributed by atoms with E-state index in [1.165, 1.54) is 104 Å². The van der Waals surface area contributed by atoms with Crippen LogP contribution in [0.2, 0.25) is 0 Å². The van der Waals surface area contributed by atoms with Gasteiger partial charge in [-0.1, -0.05) is 48.5 Å². The Labute approximate surface area is 615 Å². The third-order valence-corrected chi connectivity index (χ3v) is 17.6. The largest absolute Gasteiger partial charge is 0.496 e. The summed E-state index contributed by atoms with van der Waals surface area (Å²) in [4.78, 5) is 141. The van der Waals surface area contributed by atoms with E-state index in [0.717, 1.165) is 59.3 Å². The highest BCUT2D eigenvalue weighted by atomic mass is 19.1. The maximum atomic E-state index is 13.4. The van der Waals surface area contributed by atoms with Crippen molar-refractivity contribution >= 4 is 80.9 Å². The number of hydrogen-bond donors (Lipinski definition) is 5. The topological polar surface area (TPSA) is 292 Å². The van der Waals surface area contributed by atoms with Crippen LogP contribution in [0.3, 0.4) is 0 Å². The fraction of sp³-hybridized carbons (Fsp3) is 0.351. The molecule has 0 unspecified atom stereocenters. The molecule has 0 aliphatic carbocycles. The number of methoxy groups -OCH3 is 2. The van der Waals surface area contributed by atoms with E-state index in [0.29, 0.717) is 101 Å². The quantitative estimate of drug-likeness (QED) is 0.0428. The van der Waals surface area contributed by atoms with Gasteiger partial charge >= 0.3 is 6.09 Å². The second-order valence-corrected chi connectivity index (χ2v) is 26.8. The predicted molar refractivity (Wildman–Crippen MR) is 388 cm³/mol. The van der Waals surface area contributed by atoms with Gasteiger partial charge in [-0.05, 0) is 110 Å². The van der Waals surface area contributed by atoms with Crippen molar-refractivity contribution in [1.82, 2.24) is 65.1 Å². The summed E-state index contributed by atoms with van der Waals surface area (Å²) < 4.78 is 67.8. The molecule has 107 heavy (non-hydrogen) atoms. The number of halogens is 4. The minimum atomic E-state index is -0.700. The molecule has 7 heterocycles. The fourth-order valence-electron chi connectivity index (χ4n) is 11.8. The number of piperazine rings is 5. The Balaban J connectivity index is 0.000000165. The first kappa shape index (κ1) is 79.5. The number of aromatic amines is 2. The molecule has 5 aliphatic heterocycles. The van der Waals surface area contributed by atoms with Crippen molar-refractivity contribution in [1.29, 1.82) is 0 Å². The summed E-state index contributed by atoms with van der Waals surface area (Å²) in [5, 5.41) is 9.93. The monoisotopic (exact) mass is 1480 g/mol. The highest BCUT2D eigenvalue weighted by Crippen LogP contribution is 2.31. The number of nitrogens with zero attached hydrogens (tertiary/aromatic N) is 8. The van der Waals surface area contributed by atoms with Crippen molar-refractivity contribution < 1.29 is 79.7 Å². The normalized spacial score (nSPS) is 15.4. The molecule has 5 saturated heterocycles. The van der Waals surface area contributed by atoms with E-state index in [4.69, 9.17) is 14.2 Å². The van der Waals surface area contributed by atoms with Gasteiger partial charge in [-0.15, -0.1) is 0 Å². The van der Waals surface area contributed by atoms with Crippen LogP contribution in [0.1, 0.15) is 74.1 Å². The maximum Gasteiger partial charge on any atom is 0.410 e. The third-order valence-electron chi connectivity index (χ3n) is 17.6. The Kier molecular flexibility index (Phi) is 27.4. The Bertz CT molecular complexity index is 4480. The Morgan fingerprint density at radius 1 is 0.467 bits per heavy atom. The van der Waals surface area contributed by atoms with Gasteiger partial charge in [0.15, 0.2) is 0 Å². The van der Waals surface area contributed by atoms with E-state index >= 15 is 0 Å². The number of Topliss-reactive ketones (excluding diaryl/α,β-unsaturated/α-hetero) is 1. The number of carbonyl (C=O) groups is 10. The molecule has 9 amide bonds. The van der Waals surface area contributed by atoms with Crippen LogP contribution in [0.4, 0.5) is 22.4 Å². The summed E-state index contributed by atoms with van der Waals surface area (Å²) in [6.45, 7) is 13.4. The Morgan fingerprint density at radius 3 is 1.28 bits per heavy atom. The molecule has 0 bridgehead atoms. The number of hydrogen-bond acceptors (Lipinski definition) is 15. The molecule has 30 heteroatoms. The van der Waals surface area contributed by atoms with Gasteiger partial charge in [0.2, 0.25) is 29.5 Å². The summed E-state index contributed by atoms with van der Waals surface area (Å²) in [5.41, 5.74) is 5.09. The molecule has 26 nitrogen and oxygen atoms in total. The number of ether oxygens (including phenoxy) is 3. The van der Waals surface area contributed by atoms with E-state index in [2.05, 4.69) is 25.9 Å². The number of H-pyrrole nitrogens is 2. The lowest BCUT2D eigenvalue weighted by Gasteiger charge is -2.35. The van der Waals surface area contributed by atoms with Gasteiger partial charge in [-0.3, -0.25) is 48.1 Å². The summed E-state index contributed by atoms with van der Waals surface area (Å²) >= 11 is 0. The van der Waals surface area contributed by atoms with Crippen LogP contribution in [0.15, 0.2) is 140 Å². The van der Waals surface area contributed by atoms with Gasteiger partial charge in [0, 0.05) is 152 Å². The number of fused-ring (bicyclic) bond motifs is 2. The van der Waals surface area contributed by atoms with Gasteiger partial charge in [-0.25, -0.2) is 22.4 Å². The molecule has 2 aromatic heterocycles. The lowest BCUT2D eigenvalue weighted by Crippen LogP contribution is -2.52. The smallest absolute Gasteiger partial charge is 0.410 e. The summed E-state index contributed by atoms with van der Waals surface area (Å²) in [6, 6.07) is 32.9. The molecule has 566 valence electrons. The van der Waals surface area contributed by atoms with Crippen molar-refractivity contribution in [3.8, 4) is 11.5 Å². The number of ketones is 1. The zero-order valence-corrected chi connectivity index (χ0v) is 60.6. The van der Waals surface area contributed by atoms with Crippen LogP contribution in [0.25, 0.3) is 21.8 Å². The molecule has 0 radical (unpaired) electrons. The number of carbonyl (C=O) groups excluding carboxylic acids is 10. The number of nitrogens with one attached hydrogen (secondary N) is 5. The molecule has 0 atom stereocenters. The Morgan fingerprint density at radius 2 is 0.888 bits per heavy atom. The highest BCUT2D eigenvalue weighted by molar-refractivity contribution is 6.44. The summed E-state index contributed by atoms with van der Waals surface area (Å²) in [6.07, 6.45) is 2.76. The van der Waals surface area contributed by atoms with Gasteiger partial charge < -0.3 is 74.4 Å². The molecule has 0 spiro atoms. The lowest BCUT2D eigenvalue weighted by molar-refractivity contribution is -0.136. The number of amides is 9. The average molecular weight is 1480 g/mol. The lowest BCUT2D eigenvalue weighted by atomic mass is 10.0. The number of likely N-dealkylation sites (N-methyl/N-ethyl adjacent to an activating group) is 1. The number of aromatic nitrogens is 2. The standard InChI is InChI=1S/C25H25FN4O5.C21H20FN3O3.C16H21FN2O3.C11H13FN2O.C4H8N2O/c1-28(2)25(34)23(32)19-12-27-20-11-21(35-3)18(10-17(19)20)24(33)30-9-8-29(22(31)14-30)13-15-4-6-16(26)7-5-15;1-28-19-11-18-15(6-7-23-18)10-17(19)21(27)25-9-8-24(20(26)13-25)12-14-2-4-16(22)5-3-14;1-16(2,3)22-15(21)19-9-8-18(14(20)11-19)10-12-4-6-13(17)7-5-12;12-10-3-1-9(2-4-10)8-14-6-5-13-7-11(14)15;7-4-3-5-1-2-6-4/h4-7,10-12,27H,8-9,13-14H2,1-3H3;2-7,10-11,23H,8-9,12-13H2,1H3;4-7H,8-11H2,1-3H3;1-4,13H,5-8H2;5H,1-3H2,(H,6,7). The minimum Gasteiger partial charge on any atom is -0.496 e. The average Bonchev–Trinajstić information content (AvgIpc) is 1.68. The third kappa shape index (κ3) is 22.2. The van der Waals surface area contributed by atoms with Gasteiger partial charge in [0.1, 0.15) is 60.0 Å². The molecule has 13 rings (SSSR count). The van der Waals surface area contributed by atoms with Gasteiger partial charge in [0.25, 0.3) is 23.5 Å². The van der Waals surface area contributed by atoms with Crippen LogP contribution in [-0.4, -0.2) is 240 Å². The molecule has 5 N–H and O–H groups in total. The second kappa shape index (κ2) is 36.9. The molecule has 0 saturated carbocycles. The van der Waals surface area contributed by atoms with E-state index in [1.807, 2.05) is 6.07 Å². The zero-order valence-electron chi connectivity index (χ0n) is 60.6. The minimum absolute atomic E-state index is 0.00829. The van der Waals surface area contributed by atoms with Crippen LogP contribution in [0.5, 0.6) is 11.5 Å². The van der Waals surface area contributed by atoms with E-state index in [9.17, 15) is 65.5 Å². The van der Waals surface area contributed by atoms with Gasteiger partial charge in [-0.2, -0.15) is 0 Å². The van der Waals surface area contributed by atoms with Crippen molar-refractivity contribution in [2.75, 3.05) is 126 Å². The number of benzene rings is 6. The molecule has 5 fully saturated rings. The molecule has 8 aromatic rings.